The number of esters is 2. The van der Waals surface area contributed by atoms with Crippen molar-refractivity contribution in [1.82, 2.24) is 0 Å². The van der Waals surface area contributed by atoms with E-state index in [-0.39, 0.29) is 36.4 Å². The summed E-state index contributed by atoms with van der Waals surface area (Å²) < 4.78 is 22.0. The van der Waals surface area contributed by atoms with E-state index in [4.69, 9.17) is 18.9 Å². The lowest BCUT2D eigenvalue weighted by atomic mass is 9.95. The number of carbonyl (C=O) groups excluding carboxylic acids is 2. The Labute approximate surface area is 143 Å². The van der Waals surface area contributed by atoms with Crippen molar-refractivity contribution in [2.24, 2.45) is 0 Å². The van der Waals surface area contributed by atoms with Gasteiger partial charge in [0.25, 0.3) is 0 Å². The number of hydrogen-bond donors (Lipinski definition) is 0. The lowest BCUT2D eigenvalue weighted by Crippen LogP contribution is -2.31. The van der Waals surface area contributed by atoms with Crippen molar-refractivity contribution in [1.29, 1.82) is 0 Å². The molecular weight excluding hydrogens is 312 g/mol. The molecule has 6 heteroatoms. The first-order valence-electron chi connectivity index (χ1n) is 9.31. The molecule has 2 aliphatic heterocycles. The molecular formula is C18H28O6. The Morgan fingerprint density at radius 1 is 0.708 bits per heavy atom. The van der Waals surface area contributed by atoms with Crippen molar-refractivity contribution in [2.75, 3.05) is 13.2 Å². The van der Waals surface area contributed by atoms with Crippen LogP contribution >= 0.6 is 0 Å². The van der Waals surface area contributed by atoms with Gasteiger partial charge in [0.05, 0.1) is 25.0 Å². The fraction of sp³-hybridized carbons (Fsp3) is 0.889. The van der Waals surface area contributed by atoms with Crippen LogP contribution in [0.1, 0.15) is 64.2 Å². The molecule has 0 radical (unpaired) electrons. The first-order chi connectivity index (χ1) is 11.7. The van der Waals surface area contributed by atoms with Gasteiger partial charge in [-0.25, -0.2) is 0 Å². The van der Waals surface area contributed by atoms with Gasteiger partial charge in [0, 0.05) is 13.2 Å². The Hall–Kier alpha value is -1.14. The summed E-state index contributed by atoms with van der Waals surface area (Å²) in [5, 5.41) is 0. The predicted octanol–water partition coefficient (Wildman–Crippen LogP) is 2.52. The van der Waals surface area contributed by atoms with Crippen LogP contribution < -0.4 is 0 Å². The van der Waals surface area contributed by atoms with Crippen LogP contribution in [0.15, 0.2) is 0 Å². The average molecular weight is 340 g/mol. The van der Waals surface area contributed by atoms with Gasteiger partial charge in [-0.15, -0.1) is 0 Å². The van der Waals surface area contributed by atoms with E-state index >= 15 is 0 Å². The summed E-state index contributed by atoms with van der Waals surface area (Å²) in [6.07, 6.45) is 7.67. The minimum Gasteiger partial charge on any atom is -0.462 e. The van der Waals surface area contributed by atoms with Gasteiger partial charge in [0.15, 0.2) is 0 Å². The Kier molecular flexibility index (Phi) is 6.49. The second-order valence-corrected chi connectivity index (χ2v) is 7.06. The maximum Gasteiger partial charge on any atom is 0.308 e. The first-order valence-corrected chi connectivity index (χ1v) is 9.31. The molecule has 0 aromatic heterocycles. The summed E-state index contributed by atoms with van der Waals surface area (Å²) in [5.41, 5.74) is 0. The lowest BCUT2D eigenvalue weighted by molar-refractivity contribution is -0.160. The summed E-state index contributed by atoms with van der Waals surface area (Å²) in [4.78, 5) is 23.8. The Morgan fingerprint density at radius 2 is 1.12 bits per heavy atom. The molecule has 24 heavy (non-hydrogen) atoms. The van der Waals surface area contributed by atoms with Crippen molar-refractivity contribution in [3.8, 4) is 0 Å². The van der Waals surface area contributed by atoms with Crippen molar-refractivity contribution in [3.05, 3.63) is 0 Å². The zero-order valence-electron chi connectivity index (χ0n) is 14.2. The standard InChI is InChI=1S/C18H28O6/c19-17(11-15-3-1-9-21-15)23-13-5-7-14(8-6-13)24-18(20)12-16-4-2-10-22-16/h13-16H,1-12H2/t13?,14?,15-,16-/m0/s1. The summed E-state index contributed by atoms with van der Waals surface area (Å²) in [6.45, 7) is 1.50. The van der Waals surface area contributed by atoms with E-state index in [1.807, 2.05) is 0 Å². The molecule has 3 rings (SSSR count). The molecule has 1 aliphatic carbocycles. The molecule has 2 atom stereocenters. The van der Waals surface area contributed by atoms with Crippen molar-refractivity contribution < 1.29 is 28.5 Å². The second kappa shape index (κ2) is 8.81. The highest BCUT2D eigenvalue weighted by atomic mass is 16.6. The van der Waals surface area contributed by atoms with E-state index in [1.54, 1.807) is 0 Å². The number of rotatable bonds is 6. The normalized spacial score (nSPS) is 33.3. The average Bonchev–Trinajstić information content (AvgIpc) is 3.23. The van der Waals surface area contributed by atoms with Gasteiger partial charge in [0.1, 0.15) is 12.2 Å². The highest BCUT2D eigenvalue weighted by molar-refractivity contribution is 5.70. The minimum absolute atomic E-state index is 0.0348. The van der Waals surface area contributed by atoms with E-state index in [9.17, 15) is 9.59 Å². The van der Waals surface area contributed by atoms with Crippen LogP contribution in [0.4, 0.5) is 0 Å². The molecule has 3 aliphatic rings. The highest BCUT2D eigenvalue weighted by Crippen LogP contribution is 2.26. The summed E-state index contributed by atoms with van der Waals surface area (Å²) in [5.74, 6) is -0.332. The molecule has 0 spiro atoms. The van der Waals surface area contributed by atoms with E-state index in [0.717, 1.165) is 64.6 Å². The van der Waals surface area contributed by atoms with Gasteiger partial charge in [-0.05, 0) is 51.4 Å². The van der Waals surface area contributed by atoms with Gasteiger partial charge in [-0.3, -0.25) is 9.59 Å². The summed E-state index contributed by atoms with van der Waals surface area (Å²) in [7, 11) is 0. The number of hydrogen-bond acceptors (Lipinski definition) is 6. The summed E-state index contributed by atoms with van der Waals surface area (Å²) in [6, 6.07) is 0. The smallest absolute Gasteiger partial charge is 0.308 e. The van der Waals surface area contributed by atoms with E-state index < -0.39 is 0 Å². The predicted molar refractivity (Wildman–Crippen MR) is 85.4 cm³/mol. The SMILES string of the molecule is O=C(C[C@@H]1CCCO1)OC1CCC(OC(=O)C[C@@H]2CCCO2)CC1. The van der Waals surface area contributed by atoms with Crippen LogP contribution in [-0.4, -0.2) is 49.6 Å². The van der Waals surface area contributed by atoms with Crippen LogP contribution in [0.25, 0.3) is 0 Å². The van der Waals surface area contributed by atoms with Crippen LogP contribution in [0.3, 0.4) is 0 Å². The molecule has 136 valence electrons. The molecule has 2 heterocycles. The quantitative estimate of drug-likeness (QED) is 0.692. The highest BCUT2D eigenvalue weighted by Gasteiger charge is 2.29. The van der Waals surface area contributed by atoms with Gasteiger partial charge in [-0.2, -0.15) is 0 Å². The molecule has 6 nitrogen and oxygen atoms in total. The molecule has 0 amide bonds. The monoisotopic (exact) mass is 340 g/mol. The van der Waals surface area contributed by atoms with Crippen molar-refractivity contribution >= 4 is 11.9 Å². The maximum atomic E-state index is 11.9. The van der Waals surface area contributed by atoms with Gasteiger partial charge < -0.3 is 18.9 Å². The molecule has 3 fully saturated rings. The maximum absolute atomic E-state index is 11.9. The number of ether oxygens (including phenoxy) is 4. The molecule has 0 N–H and O–H groups in total. The van der Waals surface area contributed by atoms with Crippen LogP contribution in [0, 0.1) is 0 Å². The van der Waals surface area contributed by atoms with Crippen molar-refractivity contribution in [2.45, 2.75) is 88.6 Å². The molecule has 1 saturated carbocycles. The topological polar surface area (TPSA) is 71.1 Å². The largest absolute Gasteiger partial charge is 0.462 e. The number of carbonyl (C=O) groups is 2. The van der Waals surface area contributed by atoms with Crippen LogP contribution in [-0.2, 0) is 28.5 Å². The lowest BCUT2D eigenvalue weighted by Gasteiger charge is -2.28. The fourth-order valence-corrected chi connectivity index (χ4v) is 3.72. The minimum atomic E-state index is -0.166. The molecule has 0 aromatic carbocycles. The van der Waals surface area contributed by atoms with Crippen LogP contribution in [0.5, 0.6) is 0 Å². The Balaban J connectivity index is 1.30. The fourth-order valence-electron chi connectivity index (χ4n) is 3.72. The van der Waals surface area contributed by atoms with E-state index in [0.29, 0.717) is 12.8 Å². The first kappa shape index (κ1) is 17.7. The molecule has 0 aromatic rings. The van der Waals surface area contributed by atoms with Gasteiger partial charge in [0.2, 0.25) is 0 Å². The molecule has 2 saturated heterocycles. The zero-order chi connectivity index (χ0) is 16.8. The Morgan fingerprint density at radius 3 is 1.46 bits per heavy atom. The van der Waals surface area contributed by atoms with E-state index in [2.05, 4.69) is 0 Å². The third kappa shape index (κ3) is 5.45. The van der Waals surface area contributed by atoms with E-state index in [1.165, 1.54) is 0 Å². The summed E-state index contributed by atoms with van der Waals surface area (Å²) >= 11 is 0. The second-order valence-electron chi connectivity index (χ2n) is 7.06. The Bertz CT molecular complexity index is 377. The third-order valence-corrected chi connectivity index (χ3v) is 5.05. The van der Waals surface area contributed by atoms with Gasteiger partial charge >= 0.3 is 11.9 Å². The zero-order valence-corrected chi connectivity index (χ0v) is 14.2. The van der Waals surface area contributed by atoms with Crippen molar-refractivity contribution in [3.63, 3.8) is 0 Å². The molecule has 0 bridgehead atoms. The van der Waals surface area contributed by atoms with Gasteiger partial charge in [-0.1, -0.05) is 0 Å². The van der Waals surface area contributed by atoms with Crippen LogP contribution in [0.2, 0.25) is 0 Å². The third-order valence-electron chi connectivity index (χ3n) is 5.05. The molecule has 0 unspecified atom stereocenters.